The molecule has 0 spiro atoms. The van der Waals surface area contributed by atoms with Gasteiger partial charge in [-0.25, -0.2) is 4.79 Å². The van der Waals surface area contributed by atoms with Gasteiger partial charge in [0.15, 0.2) is 5.75 Å². The molecule has 3 rings (SSSR count). The van der Waals surface area contributed by atoms with Crippen LogP contribution in [0.4, 0.5) is 0 Å². The van der Waals surface area contributed by atoms with Crippen LogP contribution in [0.25, 0.3) is 10.8 Å². The van der Waals surface area contributed by atoms with Gasteiger partial charge in [0.1, 0.15) is 11.5 Å². The van der Waals surface area contributed by atoms with E-state index in [4.69, 9.17) is 14.4 Å². The SMILES string of the molecule is CCCc1cc(CCCCCOc2cccc3c(OOC(C)=O)cccc23)ccc1OC.[H-].[Na+]. The second kappa shape index (κ2) is 14.1. The maximum absolute atomic E-state index is 11.0. The maximum Gasteiger partial charge on any atom is 1.00 e. The van der Waals surface area contributed by atoms with Crippen LogP contribution in [-0.2, 0) is 22.5 Å². The molecule has 0 bridgehead atoms. The van der Waals surface area contributed by atoms with Gasteiger partial charge >= 0.3 is 35.5 Å². The van der Waals surface area contributed by atoms with Gasteiger partial charge in [-0.15, -0.1) is 0 Å². The van der Waals surface area contributed by atoms with E-state index in [0.29, 0.717) is 12.4 Å². The summed E-state index contributed by atoms with van der Waals surface area (Å²) in [6.45, 7) is 4.14. The van der Waals surface area contributed by atoms with E-state index < -0.39 is 5.97 Å². The molecule has 0 aliphatic carbocycles. The average Bonchev–Trinajstić information content (AvgIpc) is 2.80. The number of fused-ring (bicyclic) bond motifs is 1. The van der Waals surface area contributed by atoms with Crippen molar-refractivity contribution >= 4 is 16.7 Å². The van der Waals surface area contributed by atoms with Crippen molar-refractivity contribution in [2.75, 3.05) is 13.7 Å². The van der Waals surface area contributed by atoms with Crippen molar-refractivity contribution in [3.63, 3.8) is 0 Å². The molecule has 0 unspecified atom stereocenters. The Morgan fingerprint density at radius 2 is 1.61 bits per heavy atom. The summed E-state index contributed by atoms with van der Waals surface area (Å²) in [7, 11) is 1.73. The van der Waals surface area contributed by atoms with E-state index in [1.54, 1.807) is 13.2 Å². The summed E-state index contributed by atoms with van der Waals surface area (Å²) >= 11 is 0. The molecule has 0 aromatic heterocycles. The van der Waals surface area contributed by atoms with Crippen molar-refractivity contribution in [2.24, 2.45) is 0 Å². The smallest absolute Gasteiger partial charge is 1.00 e. The topological polar surface area (TPSA) is 54.0 Å². The summed E-state index contributed by atoms with van der Waals surface area (Å²) in [4.78, 5) is 20.9. The van der Waals surface area contributed by atoms with Crippen molar-refractivity contribution in [1.82, 2.24) is 0 Å². The van der Waals surface area contributed by atoms with E-state index in [9.17, 15) is 4.79 Å². The first-order chi connectivity index (χ1) is 15.6. The second-order valence-corrected chi connectivity index (χ2v) is 7.82. The van der Waals surface area contributed by atoms with Crippen LogP contribution < -0.4 is 43.9 Å². The Labute approximate surface area is 220 Å². The average molecular weight is 461 g/mol. The van der Waals surface area contributed by atoms with Crippen molar-refractivity contribution < 1.29 is 55.0 Å². The molecule has 0 fully saturated rings. The zero-order valence-corrected chi connectivity index (χ0v) is 22.2. The maximum atomic E-state index is 11.0. The molecule has 0 N–H and O–H groups in total. The van der Waals surface area contributed by atoms with Gasteiger partial charge < -0.3 is 10.9 Å². The van der Waals surface area contributed by atoms with Crippen LogP contribution in [0.5, 0.6) is 17.2 Å². The van der Waals surface area contributed by atoms with E-state index in [2.05, 4.69) is 30.0 Å². The van der Waals surface area contributed by atoms with Crippen LogP contribution in [0.1, 0.15) is 52.1 Å². The molecule has 0 aliphatic heterocycles. The molecule has 0 saturated heterocycles. The van der Waals surface area contributed by atoms with E-state index in [1.165, 1.54) is 18.1 Å². The summed E-state index contributed by atoms with van der Waals surface area (Å²) in [5, 5.41) is 1.77. The van der Waals surface area contributed by atoms with Crippen LogP contribution in [0.15, 0.2) is 54.6 Å². The summed E-state index contributed by atoms with van der Waals surface area (Å²) in [5.41, 5.74) is 2.66. The molecule has 6 heteroatoms. The number of hydrogen-bond acceptors (Lipinski definition) is 5. The number of aryl methyl sites for hydroxylation is 2. The third-order valence-corrected chi connectivity index (χ3v) is 5.32. The molecule has 5 nitrogen and oxygen atoms in total. The van der Waals surface area contributed by atoms with Crippen LogP contribution in [0.2, 0.25) is 0 Å². The Balaban J connectivity index is 0.00000289. The number of ether oxygens (including phenoxy) is 2. The molecular formula is C27H33NaO5. The standard InChI is InChI=1S/C27H32O5.Na.H/c1-4-10-22-19-21(16-17-25(22)29-3)11-6-5-7-18-30-26-14-8-13-24-23(26)12-9-15-27(24)32-31-20(2)28;;/h8-9,12-17,19H,4-7,10-11,18H2,1-3H3;;/q;+1;-1. The molecule has 0 saturated carbocycles. The molecule has 0 aliphatic rings. The van der Waals surface area contributed by atoms with Crippen LogP contribution in [-0.4, -0.2) is 19.7 Å². The minimum absolute atomic E-state index is 0. The number of unbranched alkanes of at least 4 members (excludes halogenated alkanes) is 2. The Hall–Kier alpha value is -2.21. The van der Waals surface area contributed by atoms with Crippen molar-refractivity contribution in [1.29, 1.82) is 0 Å². The van der Waals surface area contributed by atoms with Gasteiger partial charge in [-0.2, -0.15) is 0 Å². The molecule has 3 aromatic carbocycles. The third-order valence-electron chi connectivity index (χ3n) is 5.32. The van der Waals surface area contributed by atoms with Crippen molar-refractivity contribution in [2.45, 2.75) is 52.4 Å². The number of benzene rings is 3. The van der Waals surface area contributed by atoms with Crippen LogP contribution in [0, 0.1) is 0 Å². The first-order valence-corrected chi connectivity index (χ1v) is 11.3. The Kier molecular flexibility index (Phi) is 11.6. The number of carbonyl (C=O) groups is 1. The summed E-state index contributed by atoms with van der Waals surface area (Å²) in [6.07, 6.45) is 6.42. The molecule has 0 heterocycles. The van der Waals surface area contributed by atoms with E-state index >= 15 is 0 Å². The predicted octanol–water partition coefficient (Wildman–Crippen LogP) is 3.57. The van der Waals surface area contributed by atoms with Crippen molar-refractivity contribution in [3.8, 4) is 17.2 Å². The Morgan fingerprint density at radius 3 is 2.30 bits per heavy atom. The predicted molar refractivity (Wildman–Crippen MR) is 127 cm³/mol. The van der Waals surface area contributed by atoms with Gasteiger partial charge in [0, 0.05) is 17.7 Å². The largest absolute Gasteiger partial charge is 1.00 e. The molecule has 33 heavy (non-hydrogen) atoms. The summed E-state index contributed by atoms with van der Waals surface area (Å²) < 4.78 is 11.5. The fraction of sp³-hybridized carbons (Fsp3) is 0.370. The van der Waals surface area contributed by atoms with Gasteiger partial charge in [0.25, 0.3) is 0 Å². The zero-order chi connectivity index (χ0) is 22.8. The molecule has 0 amide bonds. The molecule has 172 valence electrons. The second-order valence-electron chi connectivity index (χ2n) is 7.82. The molecule has 3 aromatic rings. The molecule has 0 atom stereocenters. The summed E-state index contributed by atoms with van der Waals surface area (Å²) in [5.74, 6) is 1.78. The minimum atomic E-state index is -0.495. The number of hydrogen-bond donors (Lipinski definition) is 0. The quantitative estimate of drug-likeness (QED) is 0.179. The van der Waals surface area contributed by atoms with Crippen LogP contribution >= 0.6 is 0 Å². The first-order valence-electron chi connectivity index (χ1n) is 11.3. The number of methoxy groups -OCH3 is 1. The van der Waals surface area contributed by atoms with Gasteiger partial charge in [0.05, 0.1) is 13.7 Å². The Bertz CT molecular complexity index is 1040. The van der Waals surface area contributed by atoms with Crippen LogP contribution in [0.3, 0.4) is 0 Å². The molecular weight excluding hydrogens is 427 g/mol. The zero-order valence-electron chi connectivity index (χ0n) is 21.2. The fourth-order valence-corrected chi connectivity index (χ4v) is 3.80. The van der Waals surface area contributed by atoms with Gasteiger partial charge in [-0.3, -0.25) is 9.78 Å². The molecule has 0 radical (unpaired) electrons. The number of carbonyl (C=O) groups excluding carboxylic acids is 1. The van der Waals surface area contributed by atoms with E-state index in [1.807, 2.05) is 30.3 Å². The fourth-order valence-electron chi connectivity index (χ4n) is 3.80. The van der Waals surface area contributed by atoms with Gasteiger partial charge in [-0.1, -0.05) is 49.7 Å². The monoisotopic (exact) mass is 460 g/mol. The number of rotatable bonds is 12. The minimum Gasteiger partial charge on any atom is -1.00 e. The third kappa shape index (κ3) is 7.95. The van der Waals surface area contributed by atoms with Crippen molar-refractivity contribution in [3.05, 3.63) is 65.7 Å². The van der Waals surface area contributed by atoms with Gasteiger partial charge in [0.2, 0.25) is 0 Å². The first kappa shape index (κ1) is 27.0. The normalized spacial score (nSPS) is 10.4. The summed E-state index contributed by atoms with van der Waals surface area (Å²) in [6, 6.07) is 17.9. The van der Waals surface area contributed by atoms with E-state index in [0.717, 1.165) is 60.8 Å². The Morgan fingerprint density at radius 1 is 0.879 bits per heavy atom. The van der Waals surface area contributed by atoms with E-state index in [-0.39, 0.29) is 31.0 Å². The van der Waals surface area contributed by atoms with Gasteiger partial charge in [-0.05, 0) is 61.4 Å².